The summed E-state index contributed by atoms with van der Waals surface area (Å²) in [7, 11) is 9.90. The van der Waals surface area contributed by atoms with Crippen molar-refractivity contribution in [2.75, 3.05) is 71.0 Å². The van der Waals surface area contributed by atoms with Crippen LogP contribution in [-0.4, -0.2) is 86.3 Å². The number of alkyl halides is 9. The number of nitrogens with one attached hydrogen (secondary N) is 4. The predicted octanol–water partition coefficient (Wildman–Crippen LogP) is 12.7. The highest BCUT2D eigenvalue weighted by atomic mass is 35.6. The normalized spacial score (nSPS) is 10.1. The van der Waals surface area contributed by atoms with E-state index in [0.717, 1.165) is 0 Å². The molecule has 0 saturated heterocycles. The number of ether oxygens (including phenoxy) is 7. The van der Waals surface area contributed by atoms with E-state index >= 15 is 0 Å². The molecular formula is C44H43Cl9N4O11. The number of carbonyl (C=O) groups excluding carboxylic acids is 4. The predicted molar refractivity (Wildman–Crippen MR) is 274 cm³/mol. The van der Waals surface area contributed by atoms with E-state index in [1.54, 1.807) is 48.5 Å². The molecule has 0 aliphatic heterocycles. The molecule has 0 spiro atoms. The molecule has 0 fully saturated rings. The molecule has 5 rings (SSSR count). The van der Waals surface area contributed by atoms with Crippen molar-refractivity contribution in [2.24, 2.45) is 0 Å². The Balaban J connectivity index is 0.00000118. The molecule has 0 aliphatic rings. The fourth-order valence-electron chi connectivity index (χ4n) is 5.73. The molecule has 4 amide bonds. The van der Waals surface area contributed by atoms with Crippen molar-refractivity contribution in [1.29, 1.82) is 0 Å². The first-order chi connectivity index (χ1) is 32.3. The fourth-order valence-corrected chi connectivity index (χ4v) is 5.73. The van der Waals surface area contributed by atoms with Crippen molar-refractivity contribution in [2.45, 2.75) is 12.9 Å². The van der Waals surface area contributed by atoms with Crippen LogP contribution in [-0.2, 0) is 0 Å². The molecular weight excluding hydrogens is 1080 g/mol. The van der Waals surface area contributed by atoms with Crippen molar-refractivity contribution in [1.82, 2.24) is 0 Å². The van der Waals surface area contributed by atoms with Gasteiger partial charge < -0.3 is 54.4 Å². The Morgan fingerprint density at radius 2 is 0.574 bits per heavy atom. The molecule has 368 valence electrons. The van der Waals surface area contributed by atoms with E-state index in [9.17, 15) is 19.2 Å². The average Bonchev–Trinajstić information content (AvgIpc) is 3.30. The van der Waals surface area contributed by atoms with Crippen LogP contribution in [0.15, 0.2) is 91.0 Å². The Morgan fingerprint density at radius 3 is 0.824 bits per heavy atom. The topological polar surface area (TPSA) is 181 Å². The van der Waals surface area contributed by atoms with E-state index in [1.165, 1.54) is 92.2 Å². The Hall–Kier alpha value is -4.81. The molecule has 5 aromatic carbocycles. The zero-order valence-electron chi connectivity index (χ0n) is 36.8. The molecule has 68 heavy (non-hydrogen) atoms. The van der Waals surface area contributed by atoms with Gasteiger partial charge in [-0.25, -0.2) is 0 Å². The SMILES string of the molecule is COc1cc(OC)c(NC(=O)c2cccc(C(=O)Nc3cc(NC(=O)c4ccccc4OC)c(OC)cc3OC)c2OC)cc1NC(=O)c1ccccc1OC.ClC(Cl)Cl.ClC(Cl)Cl.ClC(Cl)Cl. The smallest absolute Gasteiger partial charge is 0.259 e. The number of benzene rings is 5. The highest BCUT2D eigenvalue weighted by Crippen LogP contribution is 2.40. The standard InChI is InChI=1S/C41H40N4O11.3CHCl3/c1-50-31-17-10-8-13-23(31)38(46)42-27-19-29(35(54-5)21-33(27)52-3)44-40(48)25-15-12-16-26(37(25)56-7)41(49)45-30-20-28(34(53-4)22-36(30)55-6)43-39(47)24-14-9-11-18-32(24)51-2;3*2-1(3)4/h8-22H,1-7H3,(H,42,46)(H,43,47)(H,44,48)(H,45,49);3*1H. The van der Waals surface area contributed by atoms with Crippen molar-refractivity contribution in [3.63, 3.8) is 0 Å². The number of hydrogen-bond acceptors (Lipinski definition) is 11. The summed E-state index contributed by atoms with van der Waals surface area (Å²) in [5.74, 6) is -0.644. The lowest BCUT2D eigenvalue weighted by atomic mass is 10.1. The third-order valence-electron chi connectivity index (χ3n) is 8.45. The van der Waals surface area contributed by atoms with Gasteiger partial charge in [0.2, 0.25) is 0 Å². The van der Waals surface area contributed by atoms with Crippen LogP contribution < -0.4 is 54.4 Å². The van der Waals surface area contributed by atoms with E-state index in [-0.39, 0.29) is 73.8 Å². The van der Waals surface area contributed by atoms with Crippen LogP contribution in [0.1, 0.15) is 41.4 Å². The maximum atomic E-state index is 13.9. The van der Waals surface area contributed by atoms with Crippen molar-refractivity contribution in [3.8, 4) is 40.2 Å². The zero-order valence-corrected chi connectivity index (χ0v) is 43.6. The lowest BCUT2D eigenvalue weighted by Gasteiger charge is -2.19. The average molecular weight is 1120 g/mol. The van der Waals surface area contributed by atoms with Crippen LogP contribution in [0.25, 0.3) is 0 Å². The van der Waals surface area contributed by atoms with Crippen LogP contribution in [0.5, 0.6) is 40.2 Å². The Bertz CT molecular complexity index is 2290. The maximum Gasteiger partial charge on any atom is 0.259 e. The van der Waals surface area contributed by atoms with Gasteiger partial charge in [-0.05, 0) is 48.5 Å². The third kappa shape index (κ3) is 18.6. The number of carbonyl (C=O) groups is 4. The number of hydrogen-bond donors (Lipinski definition) is 4. The molecule has 0 unspecified atom stereocenters. The number of anilines is 4. The summed E-state index contributed by atoms with van der Waals surface area (Å²) in [5.41, 5.74) is 1.37. The minimum atomic E-state index is -0.750. The van der Waals surface area contributed by atoms with E-state index in [1.807, 2.05) is 0 Å². The Labute approximate surface area is 437 Å². The van der Waals surface area contributed by atoms with Crippen molar-refractivity contribution in [3.05, 3.63) is 113 Å². The van der Waals surface area contributed by atoms with Gasteiger partial charge in [-0.1, -0.05) is 135 Å². The highest BCUT2D eigenvalue weighted by Gasteiger charge is 2.25. The van der Waals surface area contributed by atoms with Crippen molar-refractivity contribution < 1.29 is 52.3 Å². The molecule has 5 aromatic rings. The number of amides is 4. The minimum Gasteiger partial charge on any atom is -0.496 e. The first-order valence-electron chi connectivity index (χ1n) is 18.8. The summed E-state index contributed by atoms with van der Waals surface area (Å²) in [5, 5.41) is 11.2. The summed E-state index contributed by atoms with van der Waals surface area (Å²) < 4.78 is 36.0. The molecule has 0 bridgehead atoms. The van der Waals surface area contributed by atoms with Gasteiger partial charge in [-0.2, -0.15) is 0 Å². The molecule has 0 aliphatic carbocycles. The molecule has 4 N–H and O–H groups in total. The van der Waals surface area contributed by atoms with Gasteiger partial charge in [-0.3, -0.25) is 19.2 Å². The lowest BCUT2D eigenvalue weighted by molar-refractivity contribution is 0.101. The monoisotopic (exact) mass is 1120 g/mol. The second-order valence-electron chi connectivity index (χ2n) is 12.4. The van der Waals surface area contributed by atoms with Crippen molar-refractivity contribution >= 4 is 151 Å². The quantitative estimate of drug-likeness (QED) is 0.0733. The van der Waals surface area contributed by atoms with Crippen LogP contribution in [0.3, 0.4) is 0 Å². The molecule has 0 aromatic heterocycles. The number of rotatable bonds is 15. The summed E-state index contributed by atoms with van der Waals surface area (Å²) in [6.45, 7) is 0. The third-order valence-corrected chi connectivity index (χ3v) is 8.45. The number of halogens is 9. The van der Waals surface area contributed by atoms with Gasteiger partial charge in [0.05, 0.1) is 94.8 Å². The first kappa shape index (κ1) is 59.3. The second kappa shape index (κ2) is 30.6. The van der Waals surface area contributed by atoms with Crippen LogP contribution in [0.2, 0.25) is 0 Å². The molecule has 0 atom stereocenters. The van der Waals surface area contributed by atoms with Gasteiger partial charge in [0.15, 0.2) is 12.9 Å². The largest absolute Gasteiger partial charge is 0.496 e. The number of methoxy groups -OCH3 is 7. The molecule has 24 heteroatoms. The van der Waals surface area contributed by atoms with Crippen LogP contribution in [0, 0.1) is 0 Å². The van der Waals surface area contributed by atoms with Gasteiger partial charge in [-0.15, -0.1) is 0 Å². The number of para-hydroxylation sites is 3. The first-order valence-corrected chi connectivity index (χ1v) is 22.7. The van der Waals surface area contributed by atoms with E-state index in [2.05, 4.69) is 21.3 Å². The van der Waals surface area contributed by atoms with E-state index < -0.39 is 36.5 Å². The molecule has 0 radical (unpaired) electrons. The van der Waals surface area contributed by atoms with Gasteiger partial charge >= 0.3 is 0 Å². The minimum absolute atomic E-state index is 0.00378. The molecule has 0 saturated carbocycles. The summed E-state index contributed by atoms with van der Waals surface area (Å²) in [6.07, 6.45) is 0. The Kier molecular flexibility index (Phi) is 26.7. The summed E-state index contributed by atoms with van der Waals surface area (Å²) >= 11 is 43.3. The fraction of sp³-hybridized carbons (Fsp3) is 0.227. The highest BCUT2D eigenvalue weighted by molar-refractivity contribution is 6.63. The van der Waals surface area contributed by atoms with Crippen LogP contribution >= 0.6 is 104 Å². The molecule has 15 nitrogen and oxygen atoms in total. The Morgan fingerprint density at radius 1 is 0.338 bits per heavy atom. The maximum absolute atomic E-state index is 13.9. The zero-order chi connectivity index (χ0) is 51.1. The van der Waals surface area contributed by atoms with E-state index in [4.69, 9.17) is 138 Å². The summed E-state index contributed by atoms with van der Waals surface area (Å²) in [6, 6.07) is 23.8. The van der Waals surface area contributed by atoms with Gasteiger partial charge in [0, 0.05) is 12.1 Å². The van der Waals surface area contributed by atoms with E-state index in [0.29, 0.717) is 11.5 Å². The van der Waals surface area contributed by atoms with Gasteiger partial charge in [0.25, 0.3) is 23.6 Å². The lowest BCUT2D eigenvalue weighted by Crippen LogP contribution is -2.19. The summed E-state index contributed by atoms with van der Waals surface area (Å²) in [4.78, 5) is 54.2. The van der Waals surface area contributed by atoms with Crippen LogP contribution in [0.4, 0.5) is 22.7 Å². The molecule has 0 heterocycles. The second-order valence-corrected chi connectivity index (χ2v) is 18.3. The van der Waals surface area contributed by atoms with Gasteiger partial charge in [0.1, 0.15) is 40.2 Å².